The predicted octanol–water partition coefficient (Wildman–Crippen LogP) is 4.42. The fraction of sp³-hybridized carbons (Fsp3) is 0.345. The SMILES string of the molecule is Cc1ccc2c(c1)N=C1C3=C(C(=O)c4ccccc4C3=O)C(NCCN3CCC[C@H](C)C3)=CC1O2. The molecule has 1 fully saturated rings. The molecule has 0 aromatic heterocycles. The number of hydrogen-bond acceptors (Lipinski definition) is 6. The van der Waals surface area contributed by atoms with E-state index in [0.717, 1.165) is 25.2 Å². The smallest absolute Gasteiger partial charge is 0.196 e. The van der Waals surface area contributed by atoms with E-state index in [9.17, 15) is 9.59 Å². The summed E-state index contributed by atoms with van der Waals surface area (Å²) in [6.07, 6.45) is 3.89. The lowest BCUT2D eigenvalue weighted by Crippen LogP contribution is -2.43. The summed E-state index contributed by atoms with van der Waals surface area (Å²) in [7, 11) is 0. The van der Waals surface area contributed by atoms with Crippen LogP contribution in [0.1, 0.15) is 46.0 Å². The van der Waals surface area contributed by atoms with Gasteiger partial charge in [0.05, 0.1) is 16.9 Å². The first-order valence-electron chi connectivity index (χ1n) is 12.5. The van der Waals surface area contributed by atoms with Crippen LogP contribution in [0, 0.1) is 12.8 Å². The average molecular weight is 468 g/mol. The first-order chi connectivity index (χ1) is 17.0. The number of aliphatic imine (C=N–C) groups is 1. The summed E-state index contributed by atoms with van der Waals surface area (Å²) >= 11 is 0. The van der Waals surface area contributed by atoms with E-state index in [1.165, 1.54) is 12.8 Å². The Morgan fingerprint density at radius 3 is 2.63 bits per heavy atom. The number of Topliss-reactive ketones (excluding diaryl/α,β-unsaturated/α-hetero) is 2. The van der Waals surface area contributed by atoms with Crippen molar-refractivity contribution >= 4 is 23.0 Å². The van der Waals surface area contributed by atoms with Crippen molar-refractivity contribution in [1.82, 2.24) is 10.2 Å². The van der Waals surface area contributed by atoms with Crippen molar-refractivity contribution in [3.8, 4) is 5.75 Å². The number of carbonyl (C=O) groups excluding carboxylic acids is 2. The third kappa shape index (κ3) is 3.82. The number of nitrogens with one attached hydrogen (secondary N) is 1. The highest BCUT2D eigenvalue weighted by atomic mass is 16.5. The Bertz CT molecular complexity index is 1340. The van der Waals surface area contributed by atoms with Gasteiger partial charge in [0.15, 0.2) is 17.7 Å². The van der Waals surface area contributed by atoms with Crippen molar-refractivity contribution in [3.05, 3.63) is 82.1 Å². The van der Waals surface area contributed by atoms with Gasteiger partial charge in [-0.05, 0) is 56.0 Å². The van der Waals surface area contributed by atoms with Crippen LogP contribution in [0.5, 0.6) is 5.75 Å². The van der Waals surface area contributed by atoms with E-state index < -0.39 is 6.10 Å². The molecule has 2 atom stereocenters. The lowest BCUT2D eigenvalue weighted by Gasteiger charge is -2.34. The largest absolute Gasteiger partial charge is 0.478 e. The number of nitrogens with zero attached hydrogens (tertiary/aromatic N) is 2. The average Bonchev–Trinajstić information content (AvgIpc) is 2.85. The maximum atomic E-state index is 13.7. The highest BCUT2D eigenvalue weighted by Gasteiger charge is 2.43. The zero-order chi connectivity index (χ0) is 24.1. The topological polar surface area (TPSA) is 71.0 Å². The molecule has 178 valence electrons. The van der Waals surface area contributed by atoms with Gasteiger partial charge in [0.25, 0.3) is 0 Å². The molecule has 0 radical (unpaired) electrons. The molecule has 2 aromatic carbocycles. The lowest BCUT2D eigenvalue weighted by molar-refractivity contribution is 0.0978. The molecule has 1 N–H and O–H groups in total. The number of hydrogen-bond donors (Lipinski definition) is 1. The summed E-state index contributed by atoms with van der Waals surface area (Å²) in [5.41, 5.74) is 4.57. The van der Waals surface area contributed by atoms with Crippen LogP contribution in [0.3, 0.4) is 0 Å². The lowest BCUT2D eigenvalue weighted by atomic mass is 9.76. The van der Waals surface area contributed by atoms with E-state index in [4.69, 9.17) is 9.73 Å². The number of aryl methyl sites for hydroxylation is 1. The third-order valence-corrected chi connectivity index (χ3v) is 7.33. The van der Waals surface area contributed by atoms with E-state index in [-0.39, 0.29) is 11.6 Å². The van der Waals surface area contributed by atoms with Crippen LogP contribution in [0.4, 0.5) is 5.69 Å². The number of carbonyl (C=O) groups is 2. The molecule has 35 heavy (non-hydrogen) atoms. The van der Waals surface area contributed by atoms with Crippen LogP contribution < -0.4 is 10.1 Å². The fourth-order valence-corrected chi connectivity index (χ4v) is 5.61. The summed E-state index contributed by atoms with van der Waals surface area (Å²) in [5.74, 6) is 1.08. The van der Waals surface area contributed by atoms with Gasteiger partial charge in [-0.15, -0.1) is 0 Å². The zero-order valence-corrected chi connectivity index (χ0v) is 20.1. The second-order valence-electron chi connectivity index (χ2n) is 10.0. The molecule has 6 heteroatoms. The van der Waals surface area contributed by atoms with Gasteiger partial charge < -0.3 is 15.0 Å². The Kier molecular flexibility index (Phi) is 5.41. The summed E-state index contributed by atoms with van der Waals surface area (Å²) in [6, 6.07) is 12.9. The summed E-state index contributed by atoms with van der Waals surface area (Å²) in [4.78, 5) is 34.7. The van der Waals surface area contributed by atoms with E-state index in [1.807, 2.05) is 31.2 Å². The number of rotatable bonds is 4. The van der Waals surface area contributed by atoms with Gasteiger partial charge in [0.2, 0.25) is 0 Å². The minimum Gasteiger partial charge on any atom is -0.478 e. The first kappa shape index (κ1) is 22.0. The molecule has 2 aliphatic carbocycles. The fourth-order valence-electron chi connectivity index (χ4n) is 5.61. The molecule has 4 aliphatic rings. The zero-order valence-electron chi connectivity index (χ0n) is 20.1. The van der Waals surface area contributed by atoms with E-state index in [2.05, 4.69) is 17.1 Å². The molecule has 0 bridgehead atoms. The monoisotopic (exact) mass is 467 g/mol. The molecule has 0 spiro atoms. The van der Waals surface area contributed by atoms with E-state index in [1.54, 1.807) is 24.3 Å². The van der Waals surface area contributed by atoms with Crippen molar-refractivity contribution in [2.24, 2.45) is 10.9 Å². The van der Waals surface area contributed by atoms with Crippen LogP contribution in [-0.4, -0.2) is 54.5 Å². The highest BCUT2D eigenvalue weighted by molar-refractivity contribution is 6.40. The Hall–Kier alpha value is -3.51. The highest BCUT2D eigenvalue weighted by Crippen LogP contribution is 2.41. The third-order valence-electron chi connectivity index (χ3n) is 7.33. The van der Waals surface area contributed by atoms with Gasteiger partial charge in [0.1, 0.15) is 11.4 Å². The molecule has 1 unspecified atom stereocenters. The van der Waals surface area contributed by atoms with Crippen LogP contribution in [-0.2, 0) is 0 Å². The van der Waals surface area contributed by atoms with E-state index in [0.29, 0.717) is 57.6 Å². The van der Waals surface area contributed by atoms with Crippen molar-refractivity contribution in [2.45, 2.75) is 32.8 Å². The van der Waals surface area contributed by atoms with Gasteiger partial charge in [0, 0.05) is 36.5 Å². The number of fused-ring (bicyclic) bond motifs is 4. The Morgan fingerprint density at radius 2 is 1.86 bits per heavy atom. The maximum Gasteiger partial charge on any atom is 0.196 e. The minimum absolute atomic E-state index is 0.142. The Morgan fingerprint density at radius 1 is 1.09 bits per heavy atom. The van der Waals surface area contributed by atoms with Crippen molar-refractivity contribution < 1.29 is 14.3 Å². The Labute approximate surface area is 205 Å². The number of likely N-dealkylation sites (tertiary alicyclic amines) is 1. The summed E-state index contributed by atoms with van der Waals surface area (Å²) < 4.78 is 6.30. The normalized spacial score (nSPS) is 23.4. The van der Waals surface area contributed by atoms with Gasteiger partial charge in [-0.1, -0.05) is 37.3 Å². The van der Waals surface area contributed by atoms with Crippen LogP contribution in [0.2, 0.25) is 0 Å². The molecule has 2 aliphatic heterocycles. The summed E-state index contributed by atoms with van der Waals surface area (Å²) in [6.45, 7) is 8.06. The molecule has 0 amide bonds. The van der Waals surface area contributed by atoms with E-state index >= 15 is 0 Å². The van der Waals surface area contributed by atoms with Crippen molar-refractivity contribution in [2.75, 3.05) is 26.2 Å². The second kappa shape index (κ2) is 8.61. The van der Waals surface area contributed by atoms with Gasteiger partial charge in [-0.3, -0.25) is 9.59 Å². The molecule has 1 saturated heterocycles. The molecule has 6 rings (SSSR count). The second-order valence-corrected chi connectivity index (χ2v) is 10.0. The molecular weight excluding hydrogens is 438 g/mol. The molecular formula is C29H29N3O3. The van der Waals surface area contributed by atoms with Crippen LogP contribution >= 0.6 is 0 Å². The number of benzene rings is 2. The van der Waals surface area contributed by atoms with Crippen molar-refractivity contribution in [3.63, 3.8) is 0 Å². The van der Waals surface area contributed by atoms with Gasteiger partial charge >= 0.3 is 0 Å². The number of ether oxygens (including phenoxy) is 1. The number of ketones is 2. The van der Waals surface area contributed by atoms with Crippen LogP contribution in [0.15, 0.2) is 70.4 Å². The van der Waals surface area contributed by atoms with Crippen molar-refractivity contribution in [1.29, 1.82) is 0 Å². The molecule has 0 saturated carbocycles. The predicted molar refractivity (Wildman–Crippen MR) is 136 cm³/mol. The van der Waals surface area contributed by atoms with Gasteiger partial charge in [-0.2, -0.15) is 0 Å². The summed E-state index contributed by atoms with van der Waals surface area (Å²) in [5, 5.41) is 3.48. The standard InChI is InChI=1S/C29H29N3O3/c1-17-9-10-23-21(14-17)31-27-24(35-23)15-22(30-11-13-32-12-5-6-18(2)16-32)25-26(27)29(34)20-8-4-3-7-19(20)28(25)33/h3-4,7-10,14-15,18,24,30H,5-6,11-13,16H2,1-2H3/t18-,24?/m0/s1. The number of piperidine rings is 1. The number of allylic oxidation sites excluding steroid dienone is 1. The molecule has 2 aromatic rings. The minimum atomic E-state index is -0.525. The Balaban J connectivity index is 1.38. The molecule has 2 heterocycles. The molecule has 6 nitrogen and oxygen atoms in total. The quantitative estimate of drug-likeness (QED) is 0.721. The van der Waals surface area contributed by atoms with Crippen LogP contribution in [0.25, 0.3) is 0 Å². The van der Waals surface area contributed by atoms with Gasteiger partial charge in [-0.25, -0.2) is 4.99 Å². The maximum absolute atomic E-state index is 13.7. The first-order valence-corrected chi connectivity index (χ1v) is 12.5.